The zero-order valence-corrected chi connectivity index (χ0v) is 11.8. The fraction of sp³-hybridized carbons (Fsp3) is 0.231. The van der Waals surface area contributed by atoms with E-state index in [1.165, 1.54) is 5.56 Å². The van der Waals surface area contributed by atoms with E-state index in [2.05, 4.69) is 43.9 Å². The topological polar surface area (TPSA) is 47.0 Å². The summed E-state index contributed by atoms with van der Waals surface area (Å²) < 4.78 is 6.86. The summed E-state index contributed by atoms with van der Waals surface area (Å²) in [5.41, 5.74) is 1.27. The van der Waals surface area contributed by atoms with Crippen LogP contribution in [0.2, 0.25) is 0 Å². The highest BCUT2D eigenvalue weighted by Gasteiger charge is 2.21. The zero-order valence-electron chi connectivity index (χ0n) is 9.64. The number of hydrogen-bond acceptors (Lipinski definition) is 4. The molecule has 0 spiro atoms. The van der Waals surface area contributed by atoms with E-state index in [9.17, 15) is 0 Å². The van der Waals surface area contributed by atoms with E-state index in [1.54, 1.807) is 12.4 Å². The lowest BCUT2D eigenvalue weighted by Gasteiger charge is -2.11. The Bertz CT molecular complexity index is 519. The van der Waals surface area contributed by atoms with E-state index in [0.29, 0.717) is 5.95 Å². The van der Waals surface area contributed by atoms with Gasteiger partial charge in [-0.3, -0.25) is 0 Å². The summed E-state index contributed by atoms with van der Waals surface area (Å²) in [6.45, 7) is 0.718. The molecule has 4 nitrogen and oxygen atoms in total. The van der Waals surface area contributed by atoms with Crippen LogP contribution in [0, 0.1) is 3.57 Å². The monoisotopic (exact) mass is 353 g/mol. The lowest BCUT2D eigenvalue weighted by molar-refractivity contribution is 0.246. The lowest BCUT2D eigenvalue weighted by Crippen LogP contribution is -2.24. The third kappa shape index (κ3) is 2.55. The highest BCUT2D eigenvalue weighted by Crippen LogP contribution is 2.27. The third-order valence-corrected chi connectivity index (χ3v) is 3.38. The second kappa shape index (κ2) is 5.09. The first-order valence-electron chi connectivity index (χ1n) is 5.77. The van der Waals surface area contributed by atoms with Gasteiger partial charge in [-0.2, -0.15) is 0 Å². The minimum absolute atomic E-state index is 0.158. The van der Waals surface area contributed by atoms with E-state index in [0.717, 1.165) is 22.3 Å². The van der Waals surface area contributed by atoms with E-state index < -0.39 is 0 Å². The maximum Gasteiger partial charge on any atom is 0.222 e. The van der Waals surface area contributed by atoms with Crippen molar-refractivity contribution >= 4 is 28.5 Å². The fourth-order valence-electron chi connectivity index (χ4n) is 1.98. The van der Waals surface area contributed by atoms with Crippen molar-refractivity contribution in [2.45, 2.75) is 12.5 Å². The molecule has 0 saturated heterocycles. The number of benzene rings is 1. The standard InChI is InChI=1S/C13H12IN3O/c14-10-6-15-13(16-7-10)17-8-11-5-9-3-1-2-4-12(9)18-11/h1-4,6-7,11H,5,8H2,(H,15,16,17). The molecule has 0 fully saturated rings. The second-order valence-corrected chi connectivity index (χ2v) is 5.40. The highest BCUT2D eigenvalue weighted by atomic mass is 127. The van der Waals surface area contributed by atoms with Crippen LogP contribution in [0.1, 0.15) is 5.56 Å². The first kappa shape index (κ1) is 11.7. The molecule has 1 unspecified atom stereocenters. The smallest absolute Gasteiger partial charge is 0.222 e. The number of anilines is 1. The number of nitrogens with zero attached hydrogens (tertiary/aromatic N) is 2. The van der Waals surface area contributed by atoms with Gasteiger partial charge in [-0.05, 0) is 34.2 Å². The summed E-state index contributed by atoms with van der Waals surface area (Å²) in [6, 6.07) is 8.16. The maximum atomic E-state index is 5.83. The molecule has 0 bridgehead atoms. The van der Waals surface area contributed by atoms with E-state index in [1.807, 2.05) is 18.2 Å². The molecular formula is C13H12IN3O. The molecule has 1 N–H and O–H groups in total. The Labute approximate surface area is 119 Å². The average molecular weight is 353 g/mol. The Hall–Kier alpha value is -1.37. The van der Waals surface area contributed by atoms with Crippen LogP contribution in [0.25, 0.3) is 0 Å². The molecule has 92 valence electrons. The van der Waals surface area contributed by atoms with Crippen molar-refractivity contribution in [3.63, 3.8) is 0 Å². The second-order valence-electron chi connectivity index (χ2n) is 4.16. The molecule has 0 aliphatic carbocycles. The Balaban J connectivity index is 1.58. The summed E-state index contributed by atoms with van der Waals surface area (Å²) in [4.78, 5) is 8.41. The summed E-state index contributed by atoms with van der Waals surface area (Å²) >= 11 is 2.19. The Morgan fingerprint density at radius 1 is 1.28 bits per heavy atom. The van der Waals surface area contributed by atoms with E-state index in [-0.39, 0.29) is 6.10 Å². The van der Waals surface area contributed by atoms with Crippen molar-refractivity contribution < 1.29 is 4.74 Å². The molecule has 18 heavy (non-hydrogen) atoms. The molecule has 1 aliphatic heterocycles. The SMILES string of the molecule is Ic1cnc(NCC2Cc3ccccc3O2)nc1. The predicted octanol–water partition coefficient (Wildman–Crippen LogP) is 2.50. The predicted molar refractivity (Wildman–Crippen MR) is 77.8 cm³/mol. The number of aromatic nitrogens is 2. The molecule has 2 aromatic rings. The summed E-state index contributed by atoms with van der Waals surface area (Å²) in [5, 5.41) is 3.20. The van der Waals surface area contributed by atoms with Gasteiger partial charge in [0.2, 0.25) is 5.95 Å². The van der Waals surface area contributed by atoms with Crippen molar-refractivity contribution in [1.29, 1.82) is 0 Å². The Morgan fingerprint density at radius 3 is 2.83 bits per heavy atom. The van der Waals surface area contributed by atoms with Crippen LogP contribution in [0.5, 0.6) is 5.75 Å². The molecule has 0 amide bonds. The lowest BCUT2D eigenvalue weighted by atomic mass is 10.1. The highest BCUT2D eigenvalue weighted by molar-refractivity contribution is 14.1. The van der Waals surface area contributed by atoms with Crippen LogP contribution in [-0.2, 0) is 6.42 Å². The number of para-hydroxylation sites is 1. The van der Waals surface area contributed by atoms with Crippen molar-refractivity contribution in [2.24, 2.45) is 0 Å². The van der Waals surface area contributed by atoms with Crippen molar-refractivity contribution in [2.75, 3.05) is 11.9 Å². The van der Waals surface area contributed by atoms with Crippen molar-refractivity contribution in [3.05, 3.63) is 45.8 Å². The van der Waals surface area contributed by atoms with Gasteiger partial charge in [-0.1, -0.05) is 18.2 Å². The first-order valence-corrected chi connectivity index (χ1v) is 6.85. The van der Waals surface area contributed by atoms with Gasteiger partial charge < -0.3 is 10.1 Å². The normalized spacial score (nSPS) is 17.1. The van der Waals surface area contributed by atoms with Gasteiger partial charge in [0.1, 0.15) is 11.9 Å². The van der Waals surface area contributed by atoms with Gasteiger partial charge in [-0.15, -0.1) is 0 Å². The summed E-state index contributed by atoms with van der Waals surface area (Å²) in [5.74, 6) is 1.64. The Morgan fingerprint density at radius 2 is 2.06 bits per heavy atom. The van der Waals surface area contributed by atoms with Crippen molar-refractivity contribution in [3.8, 4) is 5.75 Å². The van der Waals surface area contributed by atoms with Crippen LogP contribution in [0.3, 0.4) is 0 Å². The average Bonchev–Trinajstić information content (AvgIpc) is 2.81. The van der Waals surface area contributed by atoms with E-state index in [4.69, 9.17) is 4.74 Å². The van der Waals surface area contributed by atoms with Gasteiger partial charge in [0, 0.05) is 22.4 Å². The number of ether oxygens (including phenoxy) is 1. The molecular weight excluding hydrogens is 341 g/mol. The molecule has 5 heteroatoms. The third-order valence-electron chi connectivity index (χ3n) is 2.82. The van der Waals surface area contributed by atoms with Crippen molar-refractivity contribution in [1.82, 2.24) is 9.97 Å². The summed E-state index contributed by atoms with van der Waals surface area (Å²) in [7, 11) is 0. The molecule has 1 aliphatic rings. The van der Waals surface area contributed by atoms with Crippen LogP contribution in [0.4, 0.5) is 5.95 Å². The fourth-order valence-corrected chi connectivity index (χ4v) is 2.26. The Kier molecular flexibility index (Phi) is 3.31. The minimum atomic E-state index is 0.158. The largest absolute Gasteiger partial charge is 0.488 e. The molecule has 1 aromatic carbocycles. The number of rotatable bonds is 3. The molecule has 1 aromatic heterocycles. The van der Waals surface area contributed by atoms with E-state index >= 15 is 0 Å². The van der Waals surface area contributed by atoms with Gasteiger partial charge in [-0.25, -0.2) is 9.97 Å². The number of nitrogens with one attached hydrogen (secondary N) is 1. The quantitative estimate of drug-likeness (QED) is 0.862. The summed E-state index contributed by atoms with van der Waals surface area (Å²) in [6.07, 6.45) is 4.68. The molecule has 2 heterocycles. The first-order chi connectivity index (χ1) is 8.81. The zero-order chi connectivity index (χ0) is 12.4. The molecule has 3 rings (SSSR count). The number of fused-ring (bicyclic) bond motifs is 1. The molecule has 0 radical (unpaired) electrons. The van der Waals surface area contributed by atoms with Crippen LogP contribution < -0.4 is 10.1 Å². The number of halogens is 1. The van der Waals surface area contributed by atoms with Crippen LogP contribution in [0.15, 0.2) is 36.7 Å². The number of hydrogen-bond donors (Lipinski definition) is 1. The maximum absolute atomic E-state index is 5.83. The van der Waals surface area contributed by atoms with Gasteiger partial charge >= 0.3 is 0 Å². The minimum Gasteiger partial charge on any atom is -0.488 e. The van der Waals surface area contributed by atoms with Crippen LogP contribution in [-0.4, -0.2) is 22.6 Å². The van der Waals surface area contributed by atoms with Crippen LogP contribution >= 0.6 is 22.6 Å². The molecule has 0 saturated carbocycles. The van der Waals surface area contributed by atoms with Gasteiger partial charge in [0.05, 0.1) is 6.54 Å². The van der Waals surface area contributed by atoms with Gasteiger partial charge in [0.15, 0.2) is 0 Å². The van der Waals surface area contributed by atoms with Gasteiger partial charge in [0.25, 0.3) is 0 Å². The molecule has 1 atom stereocenters.